The van der Waals surface area contributed by atoms with E-state index in [1.54, 1.807) is 36.4 Å². The first-order valence-corrected chi connectivity index (χ1v) is 3.32. The van der Waals surface area contributed by atoms with E-state index in [1.807, 2.05) is 0 Å². The van der Waals surface area contributed by atoms with Crippen molar-refractivity contribution in [2.45, 2.75) is 12.6 Å². The molecule has 0 saturated heterocycles. The number of hydrogen-bond acceptors (Lipinski definition) is 1. The highest BCUT2D eigenvalue weighted by Gasteiger charge is 2.23. The molecule has 1 nitrogen and oxygen atoms in total. The van der Waals surface area contributed by atoms with Gasteiger partial charge in [0.1, 0.15) is 6.07 Å². The first-order valence-electron chi connectivity index (χ1n) is 3.32. The van der Waals surface area contributed by atoms with Gasteiger partial charge in [0.2, 0.25) is 5.67 Å². The van der Waals surface area contributed by atoms with Crippen LogP contribution in [0, 0.1) is 11.3 Å². The van der Waals surface area contributed by atoms with Crippen LogP contribution in [0.25, 0.3) is 0 Å². The van der Waals surface area contributed by atoms with Crippen molar-refractivity contribution in [1.29, 1.82) is 5.26 Å². The van der Waals surface area contributed by atoms with Crippen molar-refractivity contribution in [3.63, 3.8) is 0 Å². The molecule has 0 saturated carbocycles. The molecule has 1 aromatic carbocycles. The Balaban J connectivity index is 3.05. The zero-order valence-electron chi connectivity index (χ0n) is 6.21. The predicted molar refractivity (Wildman–Crippen MR) is 40.5 cm³/mol. The lowest BCUT2D eigenvalue weighted by Crippen LogP contribution is -2.10. The van der Waals surface area contributed by atoms with Crippen molar-refractivity contribution < 1.29 is 4.39 Å². The lowest BCUT2D eigenvalue weighted by Gasteiger charge is -2.09. The molecule has 0 aliphatic heterocycles. The van der Waals surface area contributed by atoms with Gasteiger partial charge in [0, 0.05) is 5.56 Å². The van der Waals surface area contributed by atoms with Gasteiger partial charge in [-0.25, -0.2) is 4.39 Å². The van der Waals surface area contributed by atoms with Gasteiger partial charge >= 0.3 is 0 Å². The number of nitriles is 1. The minimum Gasteiger partial charge on any atom is -0.222 e. The lowest BCUT2D eigenvalue weighted by atomic mass is 10.0. The minimum absolute atomic E-state index is 0.405. The number of alkyl halides is 1. The maximum absolute atomic E-state index is 13.2. The molecule has 2 heteroatoms. The average molecular weight is 149 g/mol. The summed E-state index contributed by atoms with van der Waals surface area (Å²) in [5, 5.41) is 8.42. The van der Waals surface area contributed by atoms with E-state index in [4.69, 9.17) is 5.26 Å². The van der Waals surface area contributed by atoms with Gasteiger partial charge in [0.05, 0.1) is 0 Å². The van der Waals surface area contributed by atoms with E-state index in [9.17, 15) is 4.39 Å². The Morgan fingerprint density at radius 2 is 1.91 bits per heavy atom. The highest BCUT2D eigenvalue weighted by molar-refractivity contribution is 5.27. The Kier molecular flexibility index (Phi) is 1.91. The van der Waals surface area contributed by atoms with Gasteiger partial charge < -0.3 is 0 Å². The largest absolute Gasteiger partial charge is 0.222 e. The second-order valence-electron chi connectivity index (χ2n) is 2.48. The predicted octanol–water partition coefficient (Wildman–Crippen LogP) is 2.39. The van der Waals surface area contributed by atoms with Crippen LogP contribution >= 0.6 is 0 Å². The van der Waals surface area contributed by atoms with Crippen LogP contribution in [0.1, 0.15) is 12.5 Å². The van der Waals surface area contributed by atoms with Crippen LogP contribution < -0.4 is 0 Å². The fourth-order valence-electron chi connectivity index (χ4n) is 0.816. The van der Waals surface area contributed by atoms with Gasteiger partial charge in [-0.2, -0.15) is 5.26 Å². The minimum atomic E-state index is -1.86. The molecule has 56 valence electrons. The van der Waals surface area contributed by atoms with Crippen LogP contribution in [0.4, 0.5) is 4.39 Å². The molecule has 1 rings (SSSR count). The van der Waals surface area contributed by atoms with Crippen LogP contribution in [-0.2, 0) is 5.67 Å². The summed E-state index contributed by atoms with van der Waals surface area (Å²) in [6.45, 7) is 1.25. The molecule has 1 aromatic rings. The Bertz CT molecular complexity index is 271. The van der Waals surface area contributed by atoms with E-state index in [1.165, 1.54) is 6.92 Å². The number of nitrogens with zero attached hydrogens (tertiary/aromatic N) is 1. The molecule has 0 aromatic heterocycles. The maximum Gasteiger partial charge on any atom is 0.218 e. The molecular weight excluding hydrogens is 141 g/mol. The second kappa shape index (κ2) is 2.71. The smallest absolute Gasteiger partial charge is 0.218 e. The zero-order chi connectivity index (χ0) is 8.32. The Morgan fingerprint density at radius 1 is 1.36 bits per heavy atom. The summed E-state index contributed by atoms with van der Waals surface area (Å²) < 4.78 is 13.2. The third-order valence-corrected chi connectivity index (χ3v) is 1.53. The zero-order valence-corrected chi connectivity index (χ0v) is 6.21. The van der Waals surface area contributed by atoms with Crippen LogP contribution in [0.3, 0.4) is 0 Å². The van der Waals surface area contributed by atoms with Crippen molar-refractivity contribution in [2.24, 2.45) is 0 Å². The van der Waals surface area contributed by atoms with Crippen LogP contribution in [0.2, 0.25) is 0 Å². The van der Waals surface area contributed by atoms with Crippen LogP contribution in [-0.4, -0.2) is 0 Å². The molecule has 0 amide bonds. The van der Waals surface area contributed by atoms with E-state index in [0.717, 1.165) is 0 Å². The molecule has 0 radical (unpaired) electrons. The van der Waals surface area contributed by atoms with Gasteiger partial charge in [-0.1, -0.05) is 30.3 Å². The maximum atomic E-state index is 13.2. The summed E-state index contributed by atoms with van der Waals surface area (Å²) >= 11 is 0. The monoisotopic (exact) mass is 149 g/mol. The lowest BCUT2D eigenvalue weighted by molar-refractivity contribution is 0.274. The van der Waals surface area contributed by atoms with Crippen molar-refractivity contribution in [2.75, 3.05) is 0 Å². The third-order valence-electron chi connectivity index (χ3n) is 1.53. The fraction of sp³-hybridized carbons (Fsp3) is 0.222. The quantitative estimate of drug-likeness (QED) is 0.601. The number of benzene rings is 1. The molecule has 11 heavy (non-hydrogen) atoms. The van der Waals surface area contributed by atoms with Gasteiger partial charge in [-0.15, -0.1) is 0 Å². The molecule has 0 fully saturated rings. The summed E-state index contributed by atoms with van der Waals surface area (Å²) in [7, 11) is 0. The summed E-state index contributed by atoms with van der Waals surface area (Å²) in [6, 6.07) is 10.0. The van der Waals surface area contributed by atoms with Gasteiger partial charge in [0.15, 0.2) is 0 Å². The molecule has 0 bridgehead atoms. The van der Waals surface area contributed by atoms with Crippen molar-refractivity contribution in [3.8, 4) is 6.07 Å². The molecule has 0 N–H and O–H groups in total. The Hall–Kier alpha value is -1.36. The van der Waals surface area contributed by atoms with Gasteiger partial charge in [0.25, 0.3) is 0 Å². The first kappa shape index (κ1) is 7.74. The van der Waals surface area contributed by atoms with E-state index in [0.29, 0.717) is 5.56 Å². The standard InChI is InChI=1S/C9H8FN/c1-9(10,7-11)8-5-3-2-4-6-8/h2-6H,1H3/t9-/m1/s1. The molecule has 0 spiro atoms. The van der Waals surface area contributed by atoms with Crippen LogP contribution in [0.5, 0.6) is 0 Å². The van der Waals surface area contributed by atoms with Crippen molar-refractivity contribution >= 4 is 0 Å². The molecule has 0 aliphatic carbocycles. The highest BCUT2D eigenvalue weighted by atomic mass is 19.1. The number of halogens is 1. The molecule has 0 unspecified atom stereocenters. The summed E-state index contributed by atoms with van der Waals surface area (Å²) in [4.78, 5) is 0. The molecular formula is C9H8FN. The van der Waals surface area contributed by atoms with E-state index in [2.05, 4.69) is 0 Å². The molecule has 0 aliphatic rings. The number of hydrogen-bond donors (Lipinski definition) is 0. The first-order chi connectivity index (χ1) is 5.17. The summed E-state index contributed by atoms with van der Waals surface area (Å²) in [6.07, 6.45) is 0. The normalized spacial score (nSPS) is 15.0. The van der Waals surface area contributed by atoms with Gasteiger partial charge in [-0.3, -0.25) is 0 Å². The average Bonchev–Trinajstić information content (AvgIpc) is 2.06. The SMILES string of the molecule is C[C@@](F)(C#N)c1ccccc1. The summed E-state index contributed by atoms with van der Waals surface area (Å²) in [5.41, 5.74) is -1.45. The Morgan fingerprint density at radius 3 is 2.36 bits per heavy atom. The Labute approximate surface area is 65.1 Å². The molecule has 1 atom stereocenters. The number of rotatable bonds is 1. The molecule has 0 heterocycles. The van der Waals surface area contributed by atoms with E-state index < -0.39 is 5.67 Å². The summed E-state index contributed by atoms with van der Waals surface area (Å²) in [5.74, 6) is 0. The van der Waals surface area contributed by atoms with Crippen molar-refractivity contribution in [3.05, 3.63) is 35.9 Å². The second-order valence-corrected chi connectivity index (χ2v) is 2.48. The fourth-order valence-corrected chi connectivity index (χ4v) is 0.816. The third kappa shape index (κ3) is 1.56. The van der Waals surface area contributed by atoms with E-state index >= 15 is 0 Å². The highest BCUT2D eigenvalue weighted by Crippen LogP contribution is 2.23. The topological polar surface area (TPSA) is 23.8 Å². The van der Waals surface area contributed by atoms with Crippen LogP contribution in [0.15, 0.2) is 30.3 Å². The van der Waals surface area contributed by atoms with Crippen molar-refractivity contribution in [1.82, 2.24) is 0 Å². The van der Waals surface area contributed by atoms with Gasteiger partial charge in [-0.05, 0) is 6.92 Å². The van der Waals surface area contributed by atoms with E-state index in [-0.39, 0.29) is 0 Å².